The Morgan fingerprint density at radius 2 is 1.83 bits per heavy atom. The second-order valence-electron chi connectivity index (χ2n) is 5.50. The number of rotatable bonds is 5. The lowest BCUT2D eigenvalue weighted by Crippen LogP contribution is -2.23. The van der Waals surface area contributed by atoms with Gasteiger partial charge in [-0.05, 0) is 36.1 Å². The molecule has 0 aliphatic carbocycles. The Morgan fingerprint density at radius 1 is 1.28 bits per heavy atom. The molecule has 18 heavy (non-hydrogen) atoms. The van der Waals surface area contributed by atoms with Gasteiger partial charge in [0.2, 0.25) is 0 Å². The Kier molecular flexibility index (Phi) is 4.95. The molecule has 2 N–H and O–H groups in total. The van der Waals surface area contributed by atoms with E-state index in [0.717, 1.165) is 0 Å². The van der Waals surface area contributed by atoms with Crippen LogP contribution in [0.4, 0.5) is 5.69 Å². The van der Waals surface area contributed by atoms with Crippen LogP contribution in [-0.2, 0) is 0 Å². The third-order valence-corrected chi connectivity index (χ3v) is 2.35. The average molecular weight is 254 g/mol. The SMILES string of the molecule is CC(C)(C)CC(O)COc1ccc(N([O-])O)cc1. The van der Waals surface area contributed by atoms with Gasteiger partial charge in [-0.3, -0.25) is 5.21 Å². The summed E-state index contributed by atoms with van der Waals surface area (Å²) in [6.45, 7) is 6.36. The molecule has 1 aromatic rings. The molecule has 0 fully saturated rings. The van der Waals surface area contributed by atoms with Crippen LogP contribution in [0.1, 0.15) is 27.2 Å². The Bertz CT molecular complexity index is 356. The molecule has 0 amide bonds. The third-order valence-electron chi connectivity index (χ3n) is 2.35. The van der Waals surface area contributed by atoms with Crippen LogP contribution >= 0.6 is 0 Å². The van der Waals surface area contributed by atoms with Crippen molar-refractivity contribution in [1.82, 2.24) is 0 Å². The highest BCUT2D eigenvalue weighted by molar-refractivity contribution is 5.47. The van der Waals surface area contributed by atoms with Gasteiger partial charge in [0.1, 0.15) is 12.4 Å². The largest absolute Gasteiger partial charge is 0.733 e. The first-order valence-electron chi connectivity index (χ1n) is 5.85. The van der Waals surface area contributed by atoms with E-state index in [1.807, 2.05) is 0 Å². The van der Waals surface area contributed by atoms with Crippen molar-refractivity contribution < 1.29 is 15.1 Å². The predicted octanol–water partition coefficient (Wildman–Crippen LogP) is 2.56. The van der Waals surface area contributed by atoms with Gasteiger partial charge in [0, 0.05) is 0 Å². The summed E-state index contributed by atoms with van der Waals surface area (Å²) in [5.41, 5.74) is 0.185. The van der Waals surface area contributed by atoms with Crippen LogP contribution in [0.5, 0.6) is 5.75 Å². The van der Waals surface area contributed by atoms with Crippen LogP contribution in [0.25, 0.3) is 0 Å². The molecule has 1 unspecified atom stereocenters. The summed E-state index contributed by atoms with van der Waals surface area (Å²) in [5.74, 6) is 0.550. The number of aliphatic hydroxyl groups excluding tert-OH is 1. The van der Waals surface area contributed by atoms with E-state index < -0.39 is 6.10 Å². The van der Waals surface area contributed by atoms with Gasteiger partial charge in [-0.15, -0.1) is 0 Å². The number of aliphatic hydroxyl groups is 1. The van der Waals surface area contributed by atoms with Crippen LogP contribution in [0, 0.1) is 10.6 Å². The zero-order valence-corrected chi connectivity index (χ0v) is 11.0. The van der Waals surface area contributed by atoms with E-state index in [1.165, 1.54) is 12.1 Å². The minimum absolute atomic E-state index is 0.0482. The van der Waals surface area contributed by atoms with Crippen molar-refractivity contribution in [2.45, 2.75) is 33.3 Å². The molecule has 0 aromatic heterocycles. The molecule has 5 heteroatoms. The predicted molar refractivity (Wildman–Crippen MR) is 69.6 cm³/mol. The molecule has 5 nitrogen and oxygen atoms in total. The molecule has 1 atom stereocenters. The van der Waals surface area contributed by atoms with Crippen molar-refractivity contribution in [2.24, 2.45) is 5.41 Å². The number of hydrogen-bond acceptors (Lipinski definition) is 5. The molecule has 0 saturated heterocycles. The number of nitrogens with zero attached hydrogens (tertiary/aromatic N) is 1. The van der Waals surface area contributed by atoms with E-state index in [0.29, 0.717) is 12.2 Å². The smallest absolute Gasteiger partial charge is 0.119 e. The van der Waals surface area contributed by atoms with E-state index in [-0.39, 0.29) is 22.9 Å². The lowest BCUT2D eigenvalue weighted by Gasteiger charge is -2.23. The summed E-state index contributed by atoms with van der Waals surface area (Å²) < 4.78 is 5.40. The van der Waals surface area contributed by atoms with Crippen molar-refractivity contribution in [3.05, 3.63) is 29.5 Å². The fourth-order valence-electron chi connectivity index (χ4n) is 1.63. The van der Waals surface area contributed by atoms with Crippen LogP contribution in [-0.4, -0.2) is 23.0 Å². The number of benzene rings is 1. The summed E-state index contributed by atoms with van der Waals surface area (Å²) >= 11 is 0. The second-order valence-corrected chi connectivity index (χ2v) is 5.50. The Morgan fingerprint density at radius 3 is 2.28 bits per heavy atom. The second kappa shape index (κ2) is 6.04. The molecule has 1 aromatic carbocycles. The average Bonchev–Trinajstić information content (AvgIpc) is 2.24. The van der Waals surface area contributed by atoms with Crippen molar-refractivity contribution in [3.63, 3.8) is 0 Å². The number of hydrogen-bond donors (Lipinski definition) is 2. The molecule has 0 aliphatic rings. The van der Waals surface area contributed by atoms with Crippen molar-refractivity contribution in [1.29, 1.82) is 0 Å². The maximum atomic E-state index is 10.6. The lowest BCUT2D eigenvalue weighted by atomic mass is 9.89. The summed E-state index contributed by atoms with van der Waals surface area (Å²) in [4.78, 5) is 0. The highest BCUT2D eigenvalue weighted by Crippen LogP contribution is 2.22. The summed E-state index contributed by atoms with van der Waals surface area (Å²) in [5, 5.41) is 28.8. The lowest BCUT2D eigenvalue weighted by molar-refractivity contribution is 0.0710. The fraction of sp³-hybridized carbons (Fsp3) is 0.538. The van der Waals surface area contributed by atoms with E-state index in [1.54, 1.807) is 12.1 Å². The first kappa shape index (κ1) is 14.8. The van der Waals surface area contributed by atoms with Crippen molar-refractivity contribution >= 4 is 5.69 Å². The Balaban J connectivity index is 2.44. The van der Waals surface area contributed by atoms with Crippen LogP contribution in [0.2, 0.25) is 0 Å². The minimum atomic E-state index is -0.529. The van der Waals surface area contributed by atoms with Crippen LogP contribution in [0.15, 0.2) is 24.3 Å². The molecule has 0 heterocycles. The number of ether oxygens (including phenoxy) is 1. The summed E-state index contributed by atoms with van der Waals surface area (Å²) in [6, 6.07) is 6.03. The van der Waals surface area contributed by atoms with Crippen molar-refractivity contribution in [2.75, 3.05) is 11.8 Å². The van der Waals surface area contributed by atoms with Gasteiger partial charge in [0.05, 0.1) is 11.8 Å². The zero-order valence-electron chi connectivity index (χ0n) is 11.0. The molecular formula is C13H20NO4-. The standard InChI is InChI=1S/C13H20NO4/c1-13(2,3)8-11(15)9-18-12-6-4-10(5-7-12)14(16)17/h4-7,11,15-16H,8-9H2,1-3H3/q-1. The number of anilines is 1. The molecule has 0 spiro atoms. The quantitative estimate of drug-likeness (QED) is 0.790. The molecule has 102 valence electrons. The van der Waals surface area contributed by atoms with Gasteiger partial charge in [-0.1, -0.05) is 20.8 Å². The maximum Gasteiger partial charge on any atom is 0.119 e. The van der Waals surface area contributed by atoms with Gasteiger partial charge >= 0.3 is 0 Å². The van der Waals surface area contributed by atoms with Gasteiger partial charge in [0.25, 0.3) is 0 Å². The van der Waals surface area contributed by atoms with E-state index in [2.05, 4.69) is 20.8 Å². The summed E-state index contributed by atoms with van der Waals surface area (Å²) in [7, 11) is 0. The Labute approximate surface area is 107 Å². The maximum absolute atomic E-state index is 10.6. The van der Waals surface area contributed by atoms with Gasteiger partial charge in [-0.2, -0.15) is 0 Å². The molecule has 0 radical (unpaired) electrons. The third kappa shape index (κ3) is 5.35. The fourth-order valence-corrected chi connectivity index (χ4v) is 1.63. The van der Waals surface area contributed by atoms with Crippen LogP contribution < -0.4 is 9.96 Å². The molecule has 0 bridgehead atoms. The normalized spacial score (nSPS) is 13.2. The first-order valence-corrected chi connectivity index (χ1v) is 5.85. The molecular weight excluding hydrogens is 234 g/mol. The molecule has 0 saturated carbocycles. The van der Waals surface area contributed by atoms with Gasteiger partial charge in [-0.25, -0.2) is 0 Å². The molecule has 0 aliphatic heterocycles. The topological polar surface area (TPSA) is 76.0 Å². The van der Waals surface area contributed by atoms with Crippen molar-refractivity contribution in [3.8, 4) is 5.75 Å². The minimum Gasteiger partial charge on any atom is -0.733 e. The van der Waals surface area contributed by atoms with E-state index in [9.17, 15) is 10.3 Å². The first-order chi connectivity index (χ1) is 8.28. The van der Waals surface area contributed by atoms with E-state index >= 15 is 0 Å². The van der Waals surface area contributed by atoms with Gasteiger partial charge < -0.3 is 20.3 Å². The highest BCUT2D eigenvalue weighted by atomic mass is 16.8. The highest BCUT2D eigenvalue weighted by Gasteiger charge is 2.17. The Hall–Kier alpha value is -1.30. The summed E-state index contributed by atoms with van der Waals surface area (Å²) in [6.07, 6.45) is 0.120. The monoisotopic (exact) mass is 254 g/mol. The van der Waals surface area contributed by atoms with Crippen LogP contribution in [0.3, 0.4) is 0 Å². The van der Waals surface area contributed by atoms with E-state index in [4.69, 9.17) is 9.94 Å². The molecule has 1 rings (SSSR count). The zero-order chi connectivity index (χ0) is 13.8. The van der Waals surface area contributed by atoms with Gasteiger partial charge in [0.15, 0.2) is 0 Å².